The van der Waals surface area contributed by atoms with Gasteiger partial charge >= 0.3 is 35.6 Å². The molecule has 2 aromatic heterocycles. The second-order valence-corrected chi connectivity index (χ2v) is 7.72. The van der Waals surface area contributed by atoms with Crippen LogP contribution in [-0.2, 0) is 29.7 Å². The normalized spacial score (nSPS) is 12.9. The first-order chi connectivity index (χ1) is 15.3. The number of aliphatic carboxylic acids is 1. The number of carboxylic acids is 1. The van der Waals surface area contributed by atoms with Crippen LogP contribution in [0.15, 0.2) is 48.7 Å². The molecule has 0 atom stereocenters. The monoisotopic (exact) mass is 455 g/mol. The summed E-state index contributed by atoms with van der Waals surface area (Å²) < 4.78 is 2.07. The number of hydrogen-bond donors (Lipinski definition) is 1. The summed E-state index contributed by atoms with van der Waals surface area (Å²) in [5.41, 5.74) is 3.46. The predicted octanol–water partition coefficient (Wildman–Crippen LogP) is -1.65. The van der Waals surface area contributed by atoms with Gasteiger partial charge in [0.2, 0.25) is 5.91 Å². The molecule has 33 heavy (non-hydrogen) atoms. The van der Waals surface area contributed by atoms with Gasteiger partial charge in [-0.1, -0.05) is 18.2 Å². The van der Waals surface area contributed by atoms with Crippen molar-refractivity contribution in [2.24, 2.45) is 7.05 Å². The number of carbonyl (C=O) groups is 3. The van der Waals surface area contributed by atoms with Crippen molar-refractivity contribution < 1.29 is 49.0 Å². The molecular formula is C23H22N5NaO4. The average Bonchev–Trinajstić information content (AvgIpc) is 3.07. The number of aryl methyl sites for hydroxylation is 1. The molecular weight excluding hydrogens is 433 g/mol. The molecule has 1 N–H and O–H groups in total. The third-order valence-electron chi connectivity index (χ3n) is 5.43. The van der Waals surface area contributed by atoms with Gasteiger partial charge in [0.25, 0.3) is 0 Å². The van der Waals surface area contributed by atoms with E-state index in [4.69, 9.17) is 0 Å². The molecule has 0 saturated heterocycles. The Bertz CT molecular complexity index is 1250. The molecule has 164 valence electrons. The first-order valence-electron chi connectivity index (χ1n) is 10.0. The Hall–Kier alpha value is -3.14. The van der Waals surface area contributed by atoms with Crippen molar-refractivity contribution in [1.82, 2.24) is 19.4 Å². The Balaban J connectivity index is 0.00000306. The molecule has 1 aromatic carbocycles. The van der Waals surface area contributed by atoms with Gasteiger partial charge < -0.3 is 24.3 Å². The van der Waals surface area contributed by atoms with Crippen LogP contribution < -0.4 is 40.0 Å². The molecule has 3 heterocycles. The summed E-state index contributed by atoms with van der Waals surface area (Å²) in [6.07, 6.45) is 4.65. The van der Waals surface area contributed by atoms with Crippen LogP contribution in [0.25, 0.3) is 17.0 Å². The number of nitrogens with zero attached hydrogens (tertiary/aromatic N) is 4. The number of anilines is 1. The summed E-state index contributed by atoms with van der Waals surface area (Å²) in [4.78, 5) is 42.3. The van der Waals surface area contributed by atoms with Crippen molar-refractivity contribution in [1.29, 1.82) is 0 Å². The maximum absolute atomic E-state index is 12.6. The predicted molar refractivity (Wildman–Crippen MR) is 117 cm³/mol. The van der Waals surface area contributed by atoms with Crippen LogP contribution in [0, 0.1) is 0 Å². The smallest absolute Gasteiger partial charge is 0.548 e. The van der Waals surface area contributed by atoms with Crippen LogP contribution in [0.5, 0.6) is 0 Å². The van der Waals surface area contributed by atoms with E-state index in [0.29, 0.717) is 23.5 Å². The largest absolute Gasteiger partial charge is 1.00 e. The van der Waals surface area contributed by atoms with Gasteiger partial charge in [0.1, 0.15) is 5.82 Å². The summed E-state index contributed by atoms with van der Waals surface area (Å²) in [5.74, 6) is -1.13. The number of rotatable bonds is 6. The Morgan fingerprint density at radius 2 is 2.03 bits per heavy atom. The second-order valence-electron chi connectivity index (χ2n) is 7.72. The van der Waals surface area contributed by atoms with Gasteiger partial charge in [-0.25, -0.2) is 9.78 Å². The van der Waals surface area contributed by atoms with Crippen molar-refractivity contribution in [3.8, 4) is 0 Å². The molecule has 0 saturated carbocycles. The Morgan fingerprint density at radius 3 is 2.76 bits per heavy atom. The van der Waals surface area contributed by atoms with E-state index in [2.05, 4.69) is 20.9 Å². The summed E-state index contributed by atoms with van der Waals surface area (Å²) in [7, 11) is 3.72. The first-order valence-corrected chi connectivity index (χ1v) is 10.0. The number of urea groups is 1. The first kappa shape index (κ1) is 24.5. The molecule has 1 aliphatic heterocycles. The third kappa shape index (κ3) is 5.44. The number of nitrogens with one attached hydrogen (secondary N) is 1. The minimum atomic E-state index is -1.34. The molecule has 0 bridgehead atoms. The molecule has 1 aliphatic rings. The summed E-state index contributed by atoms with van der Waals surface area (Å²) >= 11 is 0. The van der Waals surface area contributed by atoms with Crippen LogP contribution in [0.3, 0.4) is 0 Å². The molecule has 0 spiro atoms. The number of pyridine rings is 1. The second kappa shape index (κ2) is 10.2. The van der Waals surface area contributed by atoms with Gasteiger partial charge in [0, 0.05) is 43.1 Å². The standard InChI is InChI=1S/C23H23N5O4.Na/c1-26(13-18-10-16-5-3-4-6-19(16)27(18)2)20(29)8-7-15-9-17-12-28(14-21(30)31)23(32)25-22(17)24-11-15;/h3-11H,12-14H2,1-2H3,(H,30,31)(H,24,25,32);/q;+1/p-1. The van der Waals surface area contributed by atoms with E-state index in [1.807, 2.05) is 31.3 Å². The Labute approximate surface area is 213 Å². The Kier molecular flexibility index (Phi) is 7.57. The number of benzene rings is 1. The van der Waals surface area contributed by atoms with Crippen LogP contribution in [0.4, 0.5) is 10.6 Å². The molecule has 9 nitrogen and oxygen atoms in total. The van der Waals surface area contributed by atoms with E-state index in [9.17, 15) is 19.5 Å². The number of aromatic nitrogens is 2. The van der Waals surface area contributed by atoms with E-state index < -0.39 is 18.5 Å². The van der Waals surface area contributed by atoms with Crippen molar-refractivity contribution in [2.45, 2.75) is 13.1 Å². The van der Waals surface area contributed by atoms with Gasteiger partial charge in [-0.15, -0.1) is 0 Å². The maximum atomic E-state index is 12.6. The average molecular weight is 455 g/mol. The van der Waals surface area contributed by atoms with Gasteiger partial charge in [-0.3, -0.25) is 10.1 Å². The van der Waals surface area contributed by atoms with Gasteiger partial charge in [-0.05, 0) is 35.2 Å². The van der Waals surface area contributed by atoms with Crippen molar-refractivity contribution >= 4 is 40.7 Å². The number of fused-ring (bicyclic) bond motifs is 2. The zero-order chi connectivity index (χ0) is 22.8. The van der Waals surface area contributed by atoms with E-state index in [-0.39, 0.29) is 42.0 Å². The van der Waals surface area contributed by atoms with Crippen LogP contribution in [0.1, 0.15) is 16.8 Å². The Morgan fingerprint density at radius 1 is 1.27 bits per heavy atom. The molecule has 10 heteroatoms. The minimum absolute atomic E-state index is 0. The fourth-order valence-corrected chi connectivity index (χ4v) is 3.71. The molecule has 0 aliphatic carbocycles. The molecule has 0 fully saturated rings. The molecule has 0 unspecified atom stereocenters. The zero-order valence-corrected chi connectivity index (χ0v) is 20.7. The number of para-hydroxylation sites is 1. The number of hydrogen-bond acceptors (Lipinski definition) is 5. The number of carbonyl (C=O) groups excluding carboxylic acids is 3. The van der Waals surface area contributed by atoms with E-state index in [1.54, 1.807) is 30.3 Å². The number of carboxylic acid groups (broad SMARTS) is 1. The van der Waals surface area contributed by atoms with Gasteiger partial charge in [0.15, 0.2) is 0 Å². The van der Waals surface area contributed by atoms with Crippen molar-refractivity contribution in [2.75, 3.05) is 18.9 Å². The third-order valence-corrected chi connectivity index (χ3v) is 5.43. The fraction of sp³-hybridized carbons (Fsp3) is 0.217. The fourth-order valence-electron chi connectivity index (χ4n) is 3.71. The van der Waals surface area contributed by atoms with Crippen LogP contribution >= 0.6 is 0 Å². The van der Waals surface area contributed by atoms with E-state index >= 15 is 0 Å². The molecule has 4 rings (SSSR count). The van der Waals surface area contributed by atoms with E-state index in [1.165, 1.54) is 6.08 Å². The van der Waals surface area contributed by atoms with Crippen molar-refractivity contribution in [3.05, 3.63) is 65.5 Å². The van der Waals surface area contributed by atoms with Crippen LogP contribution in [0.2, 0.25) is 0 Å². The number of amides is 3. The molecule has 3 aromatic rings. The zero-order valence-electron chi connectivity index (χ0n) is 18.7. The summed E-state index contributed by atoms with van der Waals surface area (Å²) in [6.45, 7) is 0.0442. The van der Waals surface area contributed by atoms with Crippen LogP contribution in [-0.4, -0.2) is 50.9 Å². The molecule has 0 radical (unpaired) electrons. The van der Waals surface area contributed by atoms with Gasteiger partial charge in [0.05, 0.1) is 25.6 Å². The van der Waals surface area contributed by atoms with Crippen molar-refractivity contribution in [3.63, 3.8) is 0 Å². The summed E-state index contributed by atoms with van der Waals surface area (Å²) in [5, 5.41) is 14.5. The topological polar surface area (TPSA) is 111 Å². The van der Waals surface area contributed by atoms with Gasteiger partial charge in [-0.2, -0.15) is 0 Å². The number of likely N-dealkylation sites (N-methyl/N-ethyl adjacent to an activating group) is 1. The SMILES string of the molecule is CN(Cc1cc2ccccc2n1C)C(=O)C=Cc1cnc2c(c1)CN(CC(=O)[O-])C(=O)N2.[Na+]. The summed E-state index contributed by atoms with van der Waals surface area (Å²) in [6, 6.07) is 11.3. The quantitative estimate of drug-likeness (QED) is 0.354. The minimum Gasteiger partial charge on any atom is -0.548 e. The molecule has 3 amide bonds. The van der Waals surface area contributed by atoms with E-state index in [0.717, 1.165) is 21.5 Å². The maximum Gasteiger partial charge on any atom is 1.00 e.